The van der Waals surface area contributed by atoms with Crippen LogP contribution in [-0.2, 0) is 0 Å². The van der Waals surface area contributed by atoms with Crippen molar-refractivity contribution in [2.45, 2.75) is 5.92 Å². The number of H-pyrrole nitrogens is 1. The van der Waals surface area contributed by atoms with Crippen LogP contribution in [0.25, 0.3) is 22.2 Å². The molecule has 0 fully saturated rings. The highest BCUT2D eigenvalue weighted by atomic mass is 32.1. The predicted octanol–water partition coefficient (Wildman–Crippen LogP) is 5.98. The van der Waals surface area contributed by atoms with Gasteiger partial charge in [0.25, 0.3) is 0 Å². The smallest absolute Gasteiger partial charge is 0.214 e. The van der Waals surface area contributed by atoms with Gasteiger partial charge in [-0.25, -0.2) is 0 Å². The molecular formula is C23H17N3O2S. The van der Waals surface area contributed by atoms with E-state index in [-0.39, 0.29) is 11.5 Å². The monoisotopic (exact) mass is 399 g/mol. The van der Waals surface area contributed by atoms with Crippen LogP contribution < -0.4 is 0 Å². The number of aromatic amines is 1. The molecule has 0 saturated carbocycles. The molecule has 0 aliphatic carbocycles. The maximum absolute atomic E-state index is 11.6. The van der Waals surface area contributed by atoms with Crippen LogP contribution >= 0.6 is 12.2 Å². The van der Waals surface area contributed by atoms with Crippen LogP contribution in [0.2, 0.25) is 0 Å². The van der Waals surface area contributed by atoms with Gasteiger partial charge >= 0.3 is 0 Å². The molecule has 4 rings (SSSR count). The Morgan fingerprint density at radius 3 is 2.34 bits per heavy atom. The maximum atomic E-state index is 11.6. The summed E-state index contributed by atoms with van der Waals surface area (Å²) < 4.78 is 0. The zero-order valence-electron chi connectivity index (χ0n) is 15.4. The first-order valence-electron chi connectivity index (χ1n) is 9.13. The van der Waals surface area contributed by atoms with Gasteiger partial charge < -0.3 is 4.98 Å². The minimum atomic E-state index is -0.448. The highest BCUT2D eigenvalue weighted by Crippen LogP contribution is 2.42. The second-order valence-corrected chi connectivity index (χ2v) is 6.84. The van der Waals surface area contributed by atoms with E-state index in [1.807, 2.05) is 78.9 Å². The molecule has 1 aromatic heterocycles. The average molecular weight is 399 g/mol. The number of hydrogen-bond acceptors (Lipinski definition) is 4. The first kappa shape index (κ1) is 18.7. The Bertz CT molecular complexity index is 1210. The molecule has 0 amide bonds. The fraction of sp³-hybridized carbons (Fsp3) is 0.0870. The third-order valence-corrected chi connectivity index (χ3v) is 5.04. The van der Waals surface area contributed by atoms with Gasteiger partial charge in [-0.2, -0.15) is 4.99 Å². The van der Waals surface area contributed by atoms with E-state index in [1.165, 1.54) is 0 Å². The van der Waals surface area contributed by atoms with E-state index >= 15 is 0 Å². The number of rotatable bonds is 6. The molecule has 0 aliphatic heterocycles. The van der Waals surface area contributed by atoms with Crippen LogP contribution in [0.4, 0.5) is 5.69 Å². The third kappa shape index (κ3) is 3.72. The van der Waals surface area contributed by atoms with Crippen molar-refractivity contribution in [2.24, 2.45) is 4.99 Å². The lowest BCUT2D eigenvalue weighted by Crippen LogP contribution is -2.14. The number of fused-ring (bicyclic) bond motifs is 1. The van der Waals surface area contributed by atoms with Crippen molar-refractivity contribution >= 4 is 34.0 Å². The van der Waals surface area contributed by atoms with Crippen molar-refractivity contribution in [3.63, 3.8) is 0 Å². The summed E-state index contributed by atoms with van der Waals surface area (Å²) in [5.74, 6) is -0.448. The van der Waals surface area contributed by atoms with Crippen molar-refractivity contribution in [3.05, 3.63) is 100 Å². The van der Waals surface area contributed by atoms with Crippen molar-refractivity contribution in [1.82, 2.24) is 4.98 Å². The molecule has 1 unspecified atom stereocenters. The number of aliphatic imine (C=N–C) groups is 1. The summed E-state index contributed by atoms with van der Waals surface area (Å²) in [6, 6.07) is 25.1. The summed E-state index contributed by atoms with van der Waals surface area (Å²) in [5.41, 5.74) is 5.04. The number of hydrogen-bond donors (Lipinski definition) is 1. The van der Waals surface area contributed by atoms with Gasteiger partial charge in [-0.3, -0.25) is 10.1 Å². The molecule has 1 atom stereocenters. The van der Waals surface area contributed by atoms with Gasteiger partial charge in [0.05, 0.1) is 22.5 Å². The van der Waals surface area contributed by atoms with Crippen LogP contribution in [0, 0.1) is 10.1 Å². The number of nitrogens with zero attached hydrogens (tertiary/aromatic N) is 2. The molecule has 0 bridgehead atoms. The van der Waals surface area contributed by atoms with Crippen LogP contribution in [0.15, 0.2) is 83.9 Å². The normalized spacial score (nSPS) is 11.7. The number of nitro groups is 1. The van der Waals surface area contributed by atoms with Crippen LogP contribution in [0.1, 0.15) is 17.0 Å². The SMILES string of the molecule is O=[N+]([O-])CC(c1ccccc1)c1c(-c2ccccc2)[nH]c2cccc(N=C=S)c12. The van der Waals surface area contributed by atoms with Gasteiger partial charge in [0, 0.05) is 21.4 Å². The molecule has 5 nitrogen and oxygen atoms in total. The van der Waals surface area contributed by atoms with E-state index in [0.717, 1.165) is 33.3 Å². The first-order valence-corrected chi connectivity index (χ1v) is 9.54. The van der Waals surface area contributed by atoms with Crippen molar-refractivity contribution < 1.29 is 4.92 Å². The first-order chi connectivity index (χ1) is 14.2. The molecule has 29 heavy (non-hydrogen) atoms. The maximum Gasteiger partial charge on any atom is 0.214 e. The Labute approximate surface area is 172 Å². The molecule has 4 aromatic rings. The van der Waals surface area contributed by atoms with Crippen LogP contribution in [-0.4, -0.2) is 21.6 Å². The summed E-state index contributed by atoms with van der Waals surface area (Å²) in [5, 5.41) is 14.9. The van der Waals surface area contributed by atoms with Gasteiger partial charge in [-0.15, -0.1) is 0 Å². The zero-order chi connectivity index (χ0) is 20.2. The number of aromatic nitrogens is 1. The molecule has 0 spiro atoms. The lowest BCUT2D eigenvalue weighted by molar-refractivity contribution is -0.481. The largest absolute Gasteiger partial charge is 0.354 e. The number of isothiocyanates is 1. The quantitative estimate of drug-likeness (QED) is 0.188. The minimum absolute atomic E-state index is 0.230. The Kier molecular flexibility index (Phi) is 5.29. The van der Waals surface area contributed by atoms with Crippen molar-refractivity contribution in [1.29, 1.82) is 0 Å². The fourth-order valence-electron chi connectivity index (χ4n) is 3.78. The number of nitrogens with one attached hydrogen (secondary N) is 1. The zero-order valence-corrected chi connectivity index (χ0v) is 16.2. The summed E-state index contributed by atoms with van der Waals surface area (Å²) in [6.45, 7) is -0.230. The lowest BCUT2D eigenvalue weighted by Gasteiger charge is -2.16. The van der Waals surface area contributed by atoms with Gasteiger partial charge in [0.15, 0.2) is 0 Å². The Hall–Kier alpha value is -3.60. The van der Waals surface area contributed by atoms with E-state index < -0.39 is 5.92 Å². The second kappa shape index (κ2) is 8.19. The minimum Gasteiger partial charge on any atom is -0.354 e. The second-order valence-electron chi connectivity index (χ2n) is 6.66. The summed E-state index contributed by atoms with van der Waals surface area (Å²) in [6.07, 6.45) is 0. The highest BCUT2D eigenvalue weighted by Gasteiger charge is 2.28. The van der Waals surface area contributed by atoms with Gasteiger partial charge in [0.2, 0.25) is 6.54 Å². The van der Waals surface area contributed by atoms with E-state index in [0.29, 0.717) is 5.69 Å². The molecule has 1 heterocycles. The average Bonchev–Trinajstić information content (AvgIpc) is 3.14. The molecular weight excluding hydrogens is 382 g/mol. The molecule has 1 N–H and O–H groups in total. The predicted molar refractivity (Wildman–Crippen MR) is 119 cm³/mol. The lowest BCUT2D eigenvalue weighted by atomic mass is 9.87. The highest BCUT2D eigenvalue weighted by molar-refractivity contribution is 7.78. The summed E-state index contributed by atoms with van der Waals surface area (Å²) >= 11 is 4.83. The fourth-order valence-corrected chi connectivity index (χ4v) is 3.87. The molecule has 0 aliphatic rings. The molecule has 3 aromatic carbocycles. The Morgan fingerprint density at radius 1 is 1.00 bits per heavy atom. The van der Waals surface area contributed by atoms with Crippen molar-refractivity contribution in [2.75, 3.05) is 6.54 Å². The number of thiocarbonyl (C=S) groups is 1. The molecule has 6 heteroatoms. The molecule has 142 valence electrons. The van der Waals surface area contributed by atoms with E-state index in [9.17, 15) is 10.1 Å². The van der Waals surface area contributed by atoms with E-state index in [4.69, 9.17) is 12.2 Å². The van der Waals surface area contributed by atoms with Gasteiger partial charge in [-0.1, -0.05) is 66.7 Å². The van der Waals surface area contributed by atoms with Crippen molar-refractivity contribution in [3.8, 4) is 11.3 Å². The Morgan fingerprint density at radius 2 is 1.69 bits per heavy atom. The van der Waals surface area contributed by atoms with Gasteiger partial charge in [0.1, 0.15) is 0 Å². The number of benzene rings is 3. The van der Waals surface area contributed by atoms with Crippen LogP contribution in [0.5, 0.6) is 0 Å². The third-order valence-electron chi connectivity index (χ3n) is 4.95. The van der Waals surface area contributed by atoms with Crippen LogP contribution in [0.3, 0.4) is 0 Å². The summed E-state index contributed by atoms with van der Waals surface area (Å²) in [4.78, 5) is 19.0. The van der Waals surface area contributed by atoms with Gasteiger partial charge in [-0.05, 0) is 35.5 Å². The standard InChI is InChI=1S/C23H17N3O2S/c27-26(28)14-18(16-8-3-1-4-9-16)21-22-19(24-15-29)12-7-13-20(22)25-23(21)17-10-5-2-6-11-17/h1-13,18,25H,14H2. The molecule has 0 radical (unpaired) electrons. The van der Waals surface area contributed by atoms with E-state index in [1.54, 1.807) is 0 Å². The Balaban J connectivity index is 2.09. The summed E-state index contributed by atoms with van der Waals surface area (Å²) in [7, 11) is 0. The topological polar surface area (TPSA) is 71.3 Å². The van der Waals surface area contributed by atoms with E-state index in [2.05, 4.69) is 15.1 Å². The molecule has 0 saturated heterocycles.